The molecule has 0 amide bonds. The van der Waals surface area contributed by atoms with E-state index in [2.05, 4.69) is 34.3 Å². The number of guanidine groups is 1. The maximum absolute atomic E-state index is 4.39. The number of aromatic nitrogens is 2. The summed E-state index contributed by atoms with van der Waals surface area (Å²) in [4.78, 5) is 6.66. The smallest absolute Gasteiger partial charge is 0.193 e. The molecule has 1 aromatic rings. The zero-order chi connectivity index (χ0) is 15.2. The minimum Gasteiger partial charge on any atom is -0.352 e. The Morgan fingerprint density at radius 3 is 2.64 bits per heavy atom. The van der Waals surface area contributed by atoms with Crippen LogP contribution in [0.3, 0.4) is 0 Å². The number of halogens is 1. The van der Waals surface area contributed by atoms with Gasteiger partial charge < -0.3 is 10.2 Å². The molecule has 5 nitrogen and oxygen atoms in total. The van der Waals surface area contributed by atoms with Gasteiger partial charge in [-0.3, -0.25) is 9.67 Å². The molecule has 1 N–H and O–H groups in total. The largest absolute Gasteiger partial charge is 0.352 e. The van der Waals surface area contributed by atoms with Gasteiger partial charge in [-0.05, 0) is 24.7 Å². The van der Waals surface area contributed by atoms with Crippen molar-refractivity contribution in [3.8, 4) is 0 Å². The van der Waals surface area contributed by atoms with E-state index in [1.807, 2.05) is 31.2 Å². The highest BCUT2D eigenvalue weighted by Gasteiger charge is 2.20. The molecule has 1 fully saturated rings. The van der Waals surface area contributed by atoms with Gasteiger partial charge in [0.1, 0.15) is 0 Å². The van der Waals surface area contributed by atoms with Crippen molar-refractivity contribution in [2.24, 2.45) is 23.9 Å². The van der Waals surface area contributed by atoms with Gasteiger partial charge in [0.05, 0.1) is 6.20 Å². The lowest BCUT2D eigenvalue weighted by atomic mass is 9.83. The van der Waals surface area contributed by atoms with Crippen molar-refractivity contribution in [1.29, 1.82) is 0 Å². The highest BCUT2D eigenvalue weighted by molar-refractivity contribution is 14.0. The maximum atomic E-state index is 4.39. The molecule has 0 spiro atoms. The molecule has 1 heterocycles. The molecule has 22 heavy (non-hydrogen) atoms. The summed E-state index contributed by atoms with van der Waals surface area (Å²) >= 11 is 0. The third-order valence-corrected chi connectivity index (χ3v) is 4.45. The highest BCUT2D eigenvalue weighted by Crippen LogP contribution is 2.28. The zero-order valence-electron chi connectivity index (χ0n) is 14.2. The fourth-order valence-corrected chi connectivity index (χ4v) is 3.11. The van der Waals surface area contributed by atoms with Crippen LogP contribution in [0.5, 0.6) is 0 Å². The second-order valence-corrected chi connectivity index (χ2v) is 6.43. The second kappa shape index (κ2) is 9.37. The van der Waals surface area contributed by atoms with Crippen molar-refractivity contribution < 1.29 is 0 Å². The molecule has 2 rings (SSSR count). The molecule has 0 radical (unpaired) electrons. The van der Waals surface area contributed by atoms with Crippen LogP contribution in [0.25, 0.3) is 0 Å². The first-order valence-corrected chi connectivity index (χ1v) is 7.97. The SMILES string of the molecule is CN=C(NCc1cnn(C)c1)N(C)CC1CCC(C)CC1.I. The minimum absolute atomic E-state index is 0. The molecule has 1 saturated carbocycles. The number of hydrogen-bond acceptors (Lipinski definition) is 2. The van der Waals surface area contributed by atoms with Crippen LogP contribution < -0.4 is 5.32 Å². The first kappa shape index (κ1) is 19.3. The van der Waals surface area contributed by atoms with E-state index in [-0.39, 0.29) is 24.0 Å². The van der Waals surface area contributed by atoms with Crippen LogP contribution in [0.1, 0.15) is 38.2 Å². The highest BCUT2D eigenvalue weighted by atomic mass is 127. The van der Waals surface area contributed by atoms with E-state index in [1.54, 1.807) is 0 Å². The predicted octanol–water partition coefficient (Wildman–Crippen LogP) is 2.87. The predicted molar refractivity (Wildman–Crippen MR) is 103 cm³/mol. The minimum atomic E-state index is 0. The van der Waals surface area contributed by atoms with Crippen LogP contribution in [-0.2, 0) is 13.6 Å². The number of rotatable bonds is 4. The Morgan fingerprint density at radius 2 is 2.09 bits per heavy atom. The lowest BCUT2D eigenvalue weighted by Crippen LogP contribution is -2.41. The Bertz CT molecular complexity index is 463. The average Bonchev–Trinajstić information content (AvgIpc) is 2.88. The molecule has 0 saturated heterocycles. The van der Waals surface area contributed by atoms with E-state index >= 15 is 0 Å². The topological polar surface area (TPSA) is 45.5 Å². The van der Waals surface area contributed by atoms with Gasteiger partial charge in [0.25, 0.3) is 0 Å². The number of nitrogens with zero attached hydrogens (tertiary/aromatic N) is 4. The first-order chi connectivity index (χ1) is 10.1. The van der Waals surface area contributed by atoms with Crippen LogP contribution in [0.2, 0.25) is 0 Å². The molecule has 1 aromatic heterocycles. The molecule has 1 aliphatic carbocycles. The molecule has 1 aliphatic rings. The van der Waals surface area contributed by atoms with E-state index in [9.17, 15) is 0 Å². The van der Waals surface area contributed by atoms with Gasteiger partial charge in [-0.25, -0.2) is 0 Å². The molecule has 0 atom stereocenters. The standard InChI is InChI=1S/C16H29N5.HI/c1-13-5-7-14(8-6-13)11-20(3)16(17-2)18-9-15-10-19-21(4)12-15;/h10,12-14H,5-9,11H2,1-4H3,(H,17,18);1H. The van der Waals surface area contributed by atoms with Crippen molar-refractivity contribution in [3.05, 3.63) is 18.0 Å². The van der Waals surface area contributed by atoms with Gasteiger partial charge in [-0.15, -0.1) is 24.0 Å². The Kier molecular flexibility index (Phi) is 8.20. The monoisotopic (exact) mass is 419 g/mol. The molecule has 126 valence electrons. The summed E-state index contributed by atoms with van der Waals surface area (Å²) in [6.07, 6.45) is 9.38. The van der Waals surface area contributed by atoms with Gasteiger partial charge >= 0.3 is 0 Å². The van der Waals surface area contributed by atoms with Crippen LogP contribution >= 0.6 is 24.0 Å². The van der Waals surface area contributed by atoms with Crippen LogP contribution in [0, 0.1) is 11.8 Å². The third-order valence-electron chi connectivity index (χ3n) is 4.45. The van der Waals surface area contributed by atoms with Gasteiger partial charge in [-0.1, -0.05) is 19.8 Å². The zero-order valence-corrected chi connectivity index (χ0v) is 16.6. The number of hydrogen-bond donors (Lipinski definition) is 1. The second-order valence-electron chi connectivity index (χ2n) is 6.43. The summed E-state index contributed by atoms with van der Waals surface area (Å²) in [7, 11) is 5.93. The Morgan fingerprint density at radius 1 is 1.41 bits per heavy atom. The molecule has 6 heteroatoms. The van der Waals surface area contributed by atoms with E-state index in [0.717, 1.165) is 30.9 Å². The summed E-state index contributed by atoms with van der Waals surface area (Å²) in [5.41, 5.74) is 1.18. The van der Waals surface area contributed by atoms with Gasteiger partial charge in [-0.2, -0.15) is 5.10 Å². The van der Waals surface area contributed by atoms with E-state index in [4.69, 9.17) is 0 Å². The molecular weight excluding hydrogens is 389 g/mol. The van der Waals surface area contributed by atoms with Crippen LogP contribution in [-0.4, -0.2) is 41.3 Å². The van der Waals surface area contributed by atoms with Crippen molar-refractivity contribution in [3.63, 3.8) is 0 Å². The van der Waals surface area contributed by atoms with Crippen molar-refractivity contribution in [1.82, 2.24) is 20.0 Å². The molecule has 0 bridgehead atoms. The Hall–Kier alpha value is -0.790. The molecular formula is C16H30IN5. The maximum Gasteiger partial charge on any atom is 0.193 e. The fourth-order valence-electron chi connectivity index (χ4n) is 3.11. The Labute approximate surface area is 151 Å². The summed E-state index contributed by atoms with van der Waals surface area (Å²) in [6, 6.07) is 0. The normalized spacial score (nSPS) is 22.1. The number of aryl methyl sites for hydroxylation is 1. The van der Waals surface area contributed by atoms with Crippen LogP contribution in [0.15, 0.2) is 17.4 Å². The average molecular weight is 419 g/mol. The Balaban J connectivity index is 0.00000242. The lowest BCUT2D eigenvalue weighted by molar-refractivity contribution is 0.250. The number of aliphatic imine (C=N–C) groups is 1. The molecule has 0 aliphatic heterocycles. The van der Waals surface area contributed by atoms with Crippen molar-refractivity contribution >= 4 is 29.9 Å². The molecule has 0 unspecified atom stereocenters. The third kappa shape index (κ3) is 5.78. The summed E-state index contributed by atoms with van der Waals surface area (Å²) in [6.45, 7) is 4.24. The van der Waals surface area contributed by atoms with Gasteiger partial charge in [0, 0.05) is 46.0 Å². The van der Waals surface area contributed by atoms with Crippen molar-refractivity contribution in [2.45, 2.75) is 39.2 Å². The summed E-state index contributed by atoms with van der Waals surface area (Å²) in [5, 5.41) is 7.61. The summed E-state index contributed by atoms with van der Waals surface area (Å²) < 4.78 is 1.83. The van der Waals surface area contributed by atoms with Gasteiger partial charge in [0.2, 0.25) is 0 Å². The molecule has 0 aromatic carbocycles. The lowest BCUT2D eigenvalue weighted by Gasteiger charge is -2.31. The van der Waals surface area contributed by atoms with Crippen LogP contribution in [0.4, 0.5) is 0 Å². The summed E-state index contributed by atoms with van der Waals surface area (Å²) in [5.74, 6) is 2.69. The van der Waals surface area contributed by atoms with Crippen molar-refractivity contribution in [2.75, 3.05) is 20.6 Å². The van der Waals surface area contributed by atoms with E-state index < -0.39 is 0 Å². The quantitative estimate of drug-likeness (QED) is 0.464. The fraction of sp³-hybridized carbons (Fsp3) is 0.750. The first-order valence-electron chi connectivity index (χ1n) is 7.97. The van der Waals surface area contributed by atoms with Gasteiger partial charge in [0.15, 0.2) is 5.96 Å². The van der Waals surface area contributed by atoms with E-state index in [1.165, 1.54) is 31.2 Å². The van der Waals surface area contributed by atoms with E-state index in [0.29, 0.717) is 0 Å². The number of nitrogens with one attached hydrogen (secondary N) is 1.